The van der Waals surface area contributed by atoms with Gasteiger partial charge in [-0.2, -0.15) is 4.98 Å². The molecule has 0 spiro atoms. The highest BCUT2D eigenvalue weighted by Gasteiger charge is 2.30. The molecule has 9 heteroatoms. The normalized spacial score (nSPS) is 11.1. The lowest BCUT2D eigenvalue weighted by atomic mass is 10.3. The van der Waals surface area contributed by atoms with E-state index in [2.05, 4.69) is 36.0 Å². The van der Waals surface area contributed by atoms with E-state index < -0.39 is 6.36 Å². The third-order valence-electron chi connectivity index (χ3n) is 2.25. The van der Waals surface area contributed by atoms with Crippen LogP contribution >= 0.6 is 15.9 Å². The molecule has 0 bridgehead atoms. The average molecular weight is 364 g/mol. The van der Waals surface area contributed by atoms with Crippen molar-refractivity contribution in [2.45, 2.75) is 6.36 Å². The van der Waals surface area contributed by atoms with Crippen LogP contribution in [0.2, 0.25) is 0 Å². The van der Waals surface area contributed by atoms with Crippen molar-refractivity contribution in [1.29, 1.82) is 0 Å². The first-order valence-electron chi connectivity index (χ1n) is 5.57. The molecule has 0 saturated carbocycles. The van der Waals surface area contributed by atoms with Crippen molar-refractivity contribution in [2.75, 3.05) is 12.4 Å². The fourth-order valence-electron chi connectivity index (χ4n) is 1.42. The lowest BCUT2D eigenvalue weighted by Crippen LogP contribution is -2.17. The number of benzene rings is 1. The highest BCUT2D eigenvalue weighted by atomic mass is 79.9. The Hall–Kier alpha value is -2.03. The van der Waals surface area contributed by atoms with Gasteiger partial charge in [0.05, 0.1) is 17.8 Å². The van der Waals surface area contributed by atoms with Crippen LogP contribution in [0.15, 0.2) is 34.9 Å². The topological polar surface area (TPSA) is 56.3 Å². The molecule has 1 aromatic carbocycles. The molecule has 1 heterocycles. The van der Waals surface area contributed by atoms with Crippen molar-refractivity contribution in [1.82, 2.24) is 9.97 Å². The number of nitrogens with one attached hydrogen (secondary N) is 1. The third-order valence-corrected chi connectivity index (χ3v) is 2.79. The van der Waals surface area contributed by atoms with E-state index >= 15 is 0 Å². The van der Waals surface area contributed by atoms with Gasteiger partial charge in [0, 0.05) is 5.69 Å². The summed E-state index contributed by atoms with van der Waals surface area (Å²) < 4.78 is 45.5. The minimum absolute atomic E-state index is 0.250. The summed E-state index contributed by atoms with van der Waals surface area (Å²) >= 11 is 3.21. The van der Waals surface area contributed by atoms with Crippen LogP contribution in [-0.2, 0) is 0 Å². The Labute approximate surface area is 126 Å². The average Bonchev–Trinajstić information content (AvgIpc) is 2.41. The number of rotatable bonds is 4. The number of halogens is 4. The summed E-state index contributed by atoms with van der Waals surface area (Å²) in [5.41, 5.74) is 0.508. The molecule has 5 nitrogen and oxygen atoms in total. The lowest BCUT2D eigenvalue weighted by molar-refractivity contribution is -0.274. The van der Waals surface area contributed by atoms with Gasteiger partial charge in [0.25, 0.3) is 0 Å². The monoisotopic (exact) mass is 363 g/mol. The van der Waals surface area contributed by atoms with E-state index in [-0.39, 0.29) is 11.7 Å². The maximum Gasteiger partial charge on any atom is 0.573 e. The number of ether oxygens (including phenoxy) is 2. The van der Waals surface area contributed by atoms with Gasteiger partial charge in [-0.3, -0.25) is 0 Å². The van der Waals surface area contributed by atoms with Gasteiger partial charge in [-0.25, -0.2) is 4.98 Å². The van der Waals surface area contributed by atoms with Crippen molar-refractivity contribution in [3.8, 4) is 11.6 Å². The van der Waals surface area contributed by atoms with Crippen LogP contribution in [0, 0.1) is 0 Å². The Morgan fingerprint density at radius 1 is 1.19 bits per heavy atom. The van der Waals surface area contributed by atoms with Gasteiger partial charge in [0.15, 0.2) is 0 Å². The molecule has 1 aromatic heterocycles. The summed E-state index contributed by atoms with van der Waals surface area (Å²) in [5.74, 6) is 0.284. The van der Waals surface area contributed by atoms with E-state index in [1.807, 2.05) is 0 Å². The Balaban J connectivity index is 2.10. The maximum atomic E-state index is 12.0. The molecule has 21 heavy (non-hydrogen) atoms. The first kappa shape index (κ1) is 15.4. The minimum Gasteiger partial charge on any atom is -0.480 e. The first-order chi connectivity index (χ1) is 9.87. The van der Waals surface area contributed by atoms with E-state index in [1.54, 1.807) is 0 Å². The predicted octanol–water partition coefficient (Wildman–Crippen LogP) is 3.89. The fourth-order valence-corrected chi connectivity index (χ4v) is 1.78. The summed E-state index contributed by atoms with van der Waals surface area (Å²) in [6.45, 7) is 0. The SMILES string of the molecule is COc1nc(Nc2ccc(OC(F)(F)F)cc2)ncc1Br. The Bertz CT molecular complexity index is 620. The molecule has 0 saturated heterocycles. The molecular weight excluding hydrogens is 355 g/mol. The van der Waals surface area contributed by atoms with Gasteiger partial charge in [-0.15, -0.1) is 13.2 Å². The standard InChI is InChI=1S/C12H9BrF3N3O2/c1-20-10-9(13)6-17-11(19-10)18-7-2-4-8(5-3-7)21-12(14,15)16/h2-6H,1H3,(H,17,18,19). The summed E-state index contributed by atoms with van der Waals surface area (Å²) in [4.78, 5) is 8.07. The molecule has 0 radical (unpaired) electrons. The second kappa shape index (κ2) is 6.17. The molecule has 0 atom stereocenters. The molecule has 2 rings (SSSR count). The molecule has 0 fully saturated rings. The minimum atomic E-state index is -4.71. The van der Waals surface area contributed by atoms with Crippen LogP contribution in [0.4, 0.5) is 24.8 Å². The molecule has 0 aliphatic carbocycles. The zero-order chi connectivity index (χ0) is 15.5. The molecule has 0 aliphatic rings. The van der Waals surface area contributed by atoms with Gasteiger partial charge in [0.1, 0.15) is 5.75 Å². The second-order valence-corrected chi connectivity index (χ2v) is 4.60. The van der Waals surface area contributed by atoms with Gasteiger partial charge in [-0.1, -0.05) is 0 Å². The molecule has 0 unspecified atom stereocenters. The quantitative estimate of drug-likeness (QED) is 0.892. The molecule has 0 aliphatic heterocycles. The number of hydrogen-bond donors (Lipinski definition) is 1. The smallest absolute Gasteiger partial charge is 0.480 e. The van der Waals surface area contributed by atoms with E-state index in [9.17, 15) is 13.2 Å². The summed E-state index contributed by atoms with van der Waals surface area (Å²) in [7, 11) is 1.46. The number of methoxy groups -OCH3 is 1. The zero-order valence-electron chi connectivity index (χ0n) is 10.6. The highest BCUT2D eigenvalue weighted by molar-refractivity contribution is 9.10. The van der Waals surface area contributed by atoms with Crippen LogP contribution in [0.3, 0.4) is 0 Å². The maximum absolute atomic E-state index is 12.0. The largest absolute Gasteiger partial charge is 0.573 e. The highest BCUT2D eigenvalue weighted by Crippen LogP contribution is 2.26. The number of aromatic nitrogens is 2. The van der Waals surface area contributed by atoms with Gasteiger partial charge in [0.2, 0.25) is 11.8 Å². The fraction of sp³-hybridized carbons (Fsp3) is 0.167. The Kier molecular flexibility index (Phi) is 4.51. The second-order valence-electron chi connectivity index (χ2n) is 3.75. The predicted molar refractivity (Wildman–Crippen MR) is 72.7 cm³/mol. The zero-order valence-corrected chi connectivity index (χ0v) is 12.2. The number of alkyl halides is 3. The summed E-state index contributed by atoms with van der Waals surface area (Å²) in [6.07, 6.45) is -3.22. The van der Waals surface area contributed by atoms with E-state index in [4.69, 9.17) is 4.74 Å². The lowest BCUT2D eigenvalue weighted by Gasteiger charge is -2.10. The summed E-state index contributed by atoms with van der Waals surface area (Å²) in [6, 6.07) is 5.20. The summed E-state index contributed by atoms with van der Waals surface area (Å²) in [5, 5.41) is 2.84. The Morgan fingerprint density at radius 2 is 1.86 bits per heavy atom. The van der Waals surface area contributed by atoms with Crippen LogP contribution in [0.5, 0.6) is 11.6 Å². The van der Waals surface area contributed by atoms with Crippen molar-refractivity contribution in [3.05, 3.63) is 34.9 Å². The number of anilines is 2. The van der Waals surface area contributed by atoms with Crippen molar-refractivity contribution in [3.63, 3.8) is 0 Å². The third kappa shape index (κ3) is 4.48. The van der Waals surface area contributed by atoms with Gasteiger partial charge < -0.3 is 14.8 Å². The first-order valence-corrected chi connectivity index (χ1v) is 6.36. The molecule has 2 aromatic rings. The molecule has 0 amide bonds. The number of nitrogens with zero attached hydrogens (tertiary/aromatic N) is 2. The van der Waals surface area contributed by atoms with Crippen LogP contribution in [0.1, 0.15) is 0 Å². The van der Waals surface area contributed by atoms with E-state index in [1.165, 1.54) is 37.6 Å². The van der Waals surface area contributed by atoms with Crippen LogP contribution in [0.25, 0.3) is 0 Å². The van der Waals surface area contributed by atoms with Crippen LogP contribution in [-0.4, -0.2) is 23.4 Å². The molecule has 1 N–H and O–H groups in total. The van der Waals surface area contributed by atoms with E-state index in [0.717, 1.165) is 0 Å². The van der Waals surface area contributed by atoms with Crippen LogP contribution < -0.4 is 14.8 Å². The molecular formula is C12H9BrF3N3O2. The van der Waals surface area contributed by atoms with Crippen molar-refractivity contribution in [2.24, 2.45) is 0 Å². The molecule has 112 valence electrons. The number of hydrogen-bond acceptors (Lipinski definition) is 5. The van der Waals surface area contributed by atoms with Gasteiger partial charge >= 0.3 is 6.36 Å². The van der Waals surface area contributed by atoms with Crippen molar-refractivity contribution < 1.29 is 22.6 Å². The Morgan fingerprint density at radius 3 is 2.43 bits per heavy atom. The van der Waals surface area contributed by atoms with Gasteiger partial charge in [-0.05, 0) is 40.2 Å². The van der Waals surface area contributed by atoms with Crippen molar-refractivity contribution >= 4 is 27.6 Å². The van der Waals surface area contributed by atoms with E-state index in [0.29, 0.717) is 16.0 Å².